The monoisotopic (exact) mass is 450 g/mol. The molecule has 2 saturated heterocycles. The first-order valence-electron chi connectivity index (χ1n) is 11.5. The van der Waals surface area contributed by atoms with Crippen molar-refractivity contribution in [2.24, 2.45) is 0 Å². The molecule has 3 N–H and O–H groups in total. The molecule has 174 valence electrons. The van der Waals surface area contributed by atoms with Crippen molar-refractivity contribution >= 4 is 17.2 Å². The summed E-state index contributed by atoms with van der Waals surface area (Å²) >= 11 is 0. The highest BCUT2D eigenvalue weighted by molar-refractivity contribution is 5.95. The van der Waals surface area contributed by atoms with Crippen molar-refractivity contribution in [1.29, 1.82) is 0 Å². The molecule has 3 unspecified atom stereocenters. The Balaban J connectivity index is 1.26. The molecule has 0 aromatic heterocycles. The Kier molecular flexibility index (Phi) is 6.59. The number of morpholine rings is 1. The Labute approximate surface area is 193 Å². The van der Waals surface area contributed by atoms with Crippen molar-refractivity contribution < 1.29 is 19.4 Å². The number of ether oxygens (including phenoxy) is 2. The highest BCUT2D eigenvalue weighted by Gasteiger charge is 2.43. The predicted molar refractivity (Wildman–Crippen MR) is 126 cm³/mol. The van der Waals surface area contributed by atoms with E-state index in [9.17, 15) is 9.90 Å². The third-order valence-electron chi connectivity index (χ3n) is 6.34. The molecule has 8 heteroatoms. The number of nitrogens with one attached hydrogen (secondary N) is 2. The lowest BCUT2D eigenvalue weighted by molar-refractivity contribution is -0.123. The zero-order valence-corrected chi connectivity index (χ0v) is 18.5. The SMILES string of the molecule is O=C1NCNC2C(c3ccc(OCC(O)CN4CCOCC4)cc3)=CN(c3ccccc3)C12. The second-order valence-corrected chi connectivity index (χ2v) is 8.57. The van der Waals surface area contributed by atoms with Gasteiger partial charge in [-0.25, -0.2) is 0 Å². The van der Waals surface area contributed by atoms with Gasteiger partial charge in [-0.05, 0) is 35.4 Å². The minimum atomic E-state index is -0.551. The van der Waals surface area contributed by atoms with E-state index >= 15 is 0 Å². The summed E-state index contributed by atoms with van der Waals surface area (Å²) in [5, 5.41) is 16.7. The Hall–Kier alpha value is -2.91. The molecule has 0 saturated carbocycles. The van der Waals surface area contributed by atoms with Gasteiger partial charge in [-0.1, -0.05) is 30.3 Å². The molecule has 0 bridgehead atoms. The maximum atomic E-state index is 12.7. The van der Waals surface area contributed by atoms with Crippen LogP contribution in [0.5, 0.6) is 5.75 Å². The van der Waals surface area contributed by atoms with Gasteiger partial charge in [0, 0.05) is 31.5 Å². The quantitative estimate of drug-likeness (QED) is 0.581. The van der Waals surface area contributed by atoms with Crippen LogP contribution in [0.4, 0.5) is 5.69 Å². The van der Waals surface area contributed by atoms with Crippen LogP contribution in [-0.2, 0) is 9.53 Å². The number of fused-ring (bicyclic) bond motifs is 1. The molecular weight excluding hydrogens is 420 g/mol. The highest BCUT2D eigenvalue weighted by atomic mass is 16.5. The minimum absolute atomic E-state index is 0.0167. The smallest absolute Gasteiger partial charge is 0.246 e. The number of hydrogen-bond acceptors (Lipinski definition) is 7. The number of aliphatic hydroxyl groups excluding tert-OH is 1. The number of carbonyl (C=O) groups is 1. The number of hydrogen-bond donors (Lipinski definition) is 3. The summed E-state index contributed by atoms with van der Waals surface area (Å²) < 4.78 is 11.2. The fourth-order valence-corrected chi connectivity index (χ4v) is 4.65. The fourth-order valence-electron chi connectivity index (χ4n) is 4.65. The third kappa shape index (κ3) is 4.89. The first kappa shape index (κ1) is 21.9. The van der Waals surface area contributed by atoms with Crippen molar-refractivity contribution in [3.05, 3.63) is 66.4 Å². The lowest BCUT2D eigenvalue weighted by Gasteiger charge is -2.33. The summed E-state index contributed by atoms with van der Waals surface area (Å²) in [5.74, 6) is 0.729. The van der Waals surface area contributed by atoms with Crippen molar-refractivity contribution in [2.45, 2.75) is 18.2 Å². The Morgan fingerprint density at radius 1 is 1.09 bits per heavy atom. The Morgan fingerprint density at radius 3 is 2.61 bits per heavy atom. The van der Waals surface area contributed by atoms with Crippen molar-refractivity contribution in [2.75, 3.05) is 51.0 Å². The van der Waals surface area contributed by atoms with E-state index in [2.05, 4.69) is 21.7 Å². The second-order valence-electron chi connectivity index (χ2n) is 8.57. The summed E-state index contributed by atoms with van der Waals surface area (Å²) in [6.45, 7) is 4.39. The first-order chi connectivity index (χ1) is 16.2. The summed E-state index contributed by atoms with van der Waals surface area (Å²) in [7, 11) is 0. The standard InChI is InChI=1S/C25H30N4O4/c30-20(14-28-10-12-32-13-11-28)16-33-21-8-6-18(7-9-21)22-15-29(19-4-2-1-3-5-19)24-23(22)26-17-27-25(24)31/h1-9,15,20,23-24,26,30H,10-14,16-17H2,(H,27,31). The van der Waals surface area contributed by atoms with Crippen molar-refractivity contribution in [1.82, 2.24) is 15.5 Å². The normalized spacial score (nSPS) is 24.1. The van der Waals surface area contributed by atoms with Gasteiger partial charge in [0.05, 0.1) is 25.9 Å². The maximum Gasteiger partial charge on any atom is 0.246 e. The predicted octanol–water partition coefficient (Wildman–Crippen LogP) is 1.03. The molecule has 2 aromatic carbocycles. The number of nitrogens with zero attached hydrogens (tertiary/aromatic N) is 2. The molecule has 3 heterocycles. The average Bonchev–Trinajstić information content (AvgIpc) is 3.25. The van der Waals surface area contributed by atoms with Crippen LogP contribution >= 0.6 is 0 Å². The molecule has 1 amide bonds. The van der Waals surface area contributed by atoms with Crippen LogP contribution in [0.25, 0.3) is 5.57 Å². The van der Waals surface area contributed by atoms with Gasteiger partial charge in [-0.15, -0.1) is 0 Å². The zero-order valence-electron chi connectivity index (χ0n) is 18.5. The van der Waals surface area contributed by atoms with Gasteiger partial charge in [0.2, 0.25) is 5.91 Å². The van der Waals surface area contributed by atoms with Crippen molar-refractivity contribution in [3.8, 4) is 5.75 Å². The Bertz CT molecular complexity index is 976. The van der Waals surface area contributed by atoms with E-state index in [1.165, 1.54) is 0 Å². The van der Waals surface area contributed by atoms with Crippen LogP contribution in [0.1, 0.15) is 5.56 Å². The number of amides is 1. The maximum absolute atomic E-state index is 12.7. The molecule has 0 aliphatic carbocycles. The second kappa shape index (κ2) is 9.93. The number of anilines is 1. The molecule has 2 fully saturated rings. The number of rotatable bonds is 7. The summed E-state index contributed by atoms with van der Waals surface area (Å²) in [6, 6.07) is 17.4. The first-order valence-corrected chi connectivity index (χ1v) is 11.5. The van der Waals surface area contributed by atoms with Crippen LogP contribution in [0.15, 0.2) is 60.8 Å². The van der Waals surface area contributed by atoms with E-state index in [0.717, 1.165) is 29.9 Å². The van der Waals surface area contributed by atoms with E-state index in [4.69, 9.17) is 9.47 Å². The van der Waals surface area contributed by atoms with Gasteiger partial charge >= 0.3 is 0 Å². The van der Waals surface area contributed by atoms with Gasteiger partial charge in [-0.2, -0.15) is 0 Å². The summed E-state index contributed by atoms with van der Waals surface area (Å²) in [6.07, 6.45) is 1.51. The van der Waals surface area contributed by atoms with Crippen LogP contribution in [-0.4, -0.2) is 80.2 Å². The Morgan fingerprint density at radius 2 is 1.85 bits per heavy atom. The topological polar surface area (TPSA) is 86.3 Å². The summed E-state index contributed by atoms with van der Waals surface area (Å²) in [4.78, 5) is 16.9. The van der Waals surface area contributed by atoms with E-state index in [-0.39, 0.29) is 24.6 Å². The van der Waals surface area contributed by atoms with Gasteiger partial charge in [0.25, 0.3) is 0 Å². The minimum Gasteiger partial charge on any atom is -0.491 e. The molecule has 3 atom stereocenters. The largest absolute Gasteiger partial charge is 0.491 e. The van der Waals surface area contributed by atoms with Gasteiger partial charge in [0.15, 0.2) is 0 Å². The molecule has 3 aliphatic rings. The van der Waals surface area contributed by atoms with E-state index < -0.39 is 6.10 Å². The molecular formula is C25H30N4O4. The lowest BCUT2D eigenvalue weighted by Crippen LogP contribution is -2.61. The lowest BCUT2D eigenvalue weighted by atomic mass is 9.95. The van der Waals surface area contributed by atoms with Crippen LogP contribution in [0.2, 0.25) is 0 Å². The number of benzene rings is 2. The molecule has 0 radical (unpaired) electrons. The molecule has 33 heavy (non-hydrogen) atoms. The van der Waals surface area contributed by atoms with E-state index in [0.29, 0.717) is 32.2 Å². The van der Waals surface area contributed by atoms with E-state index in [1.807, 2.05) is 59.5 Å². The number of carbonyl (C=O) groups excluding carboxylic acids is 1. The molecule has 8 nitrogen and oxygen atoms in total. The van der Waals surface area contributed by atoms with Gasteiger partial charge < -0.3 is 24.8 Å². The van der Waals surface area contributed by atoms with Crippen LogP contribution in [0.3, 0.4) is 0 Å². The molecule has 0 spiro atoms. The molecule has 5 rings (SSSR count). The highest BCUT2D eigenvalue weighted by Crippen LogP contribution is 2.35. The average molecular weight is 451 g/mol. The summed E-state index contributed by atoms with van der Waals surface area (Å²) in [5.41, 5.74) is 3.08. The van der Waals surface area contributed by atoms with Crippen molar-refractivity contribution in [3.63, 3.8) is 0 Å². The van der Waals surface area contributed by atoms with Crippen LogP contribution < -0.4 is 20.3 Å². The number of aliphatic hydroxyl groups is 1. The number of β-amino-alcohol motifs (C(OH)–C–C–N with tert-alkyl or cyclic N) is 1. The van der Waals surface area contributed by atoms with Gasteiger partial charge in [0.1, 0.15) is 24.5 Å². The van der Waals surface area contributed by atoms with Crippen LogP contribution in [0, 0.1) is 0 Å². The zero-order chi connectivity index (χ0) is 22.6. The van der Waals surface area contributed by atoms with E-state index in [1.54, 1.807) is 0 Å². The number of para-hydroxylation sites is 1. The van der Waals surface area contributed by atoms with Gasteiger partial charge in [-0.3, -0.25) is 15.0 Å². The third-order valence-corrected chi connectivity index (χ3v) is 6.34. The molecule has 3 aliphatic heterocycles. The molecule has 2 aromatic rings. The fraction of sp³-hybridized carbons (Fsp3) is 0.400.